The SMILES string of the molecule is C[C@H](N[S@](=O)C(C)(C)C)c1cc2nccn2nc1-c1cc(F)cc(F)c1. The summed E-state index contributed by atoms with van der Waals surface area (Å²) in [7, 11) is -1.32. The van der Waals surface area contributed by atoms with Crippen molar-refractivity contribution in [3.8, 4) is 11.3 Å². The molecule has 0 saturated carbocycles. The van der Waals surface area contributed by atoms with Crippen molar-refractivity contribution in [2.75, 3.05) is 0 Å². The first kappa shape index (κ1) is 18.6. The Bertz CT molecular complexity index is 961. The largest absolute Gasteiger partial charge is 0.242 e. The first-order chi connectivity index (χ1) is 12.1. The van der Waals surface area contributed by atoms with Gasteiger partial charge in [-0.05, 0) is 45.9 Å². The molecule has 0 spiro atoms. The Morgan fingerprint density at radius 2 is 1.81 bits per heavy atom. The number of hydrogen-bond acceptors (Lipinski definition) is 3. The summed E-state index contributed by atoms with van der Waals surface area (Å²) in [6, 6.07) is 4.68. The van der Waals surface area contributed by atoms with Gasteiger partial charge in [-0.1, -0.05) is 0 Å². The second kappa shape index (κ2) is 6.85. The van der Waals surface area contributed by atoms with E-state index in [1.807, 2.05) is 27.7 Å². The Labute approximate surface area is 153 Å². The number of rotatable bonds is 4. The van der Waals surface area contributed by atoms with Gasteiger partial charge in [0.1, 0.15) is 11.6 Å². The second-order valence-corrected chi connectivity index (χ2v) is 9.05. The van der Waals surface area contributed by atoms with E-state index < -0.39 is 27.4 Å². The lowest BCUT2D eigenvalue weighted by Crippen LogP contribution is -2.35. The highest BCUT2D eigenvalue weighted by molar-refractivity contribution is 7.84. The number of imidazole rings is 1. The van der Waals surface area contributed by atoms with Crippen molar-refractivity contribution < 1.29 is 13.0 Å². The lowest BCUT2D eigenvalue weighted by atomic mass is 10.0. The Kier molecular flexibility index (Phi) is 4.90. The van der Waals surface area contributed by atoms with Crippen LogP contribution < -0.4 is 4.72 Å². The zero-order valence-electron chi connectivity index (χ0n) is 15.0. The normalized spacial score (nSPS) is 14.5. The first-order valence-electron chi connectivity index (χ1n) is 8.14. The van der Waals surface area contributed by atoms with Crippen LogP contribution >= 0.6 is 0 Å². The lowest BCUT2D eigenvalue weighted by molar-refractivity contribution is 0.583. The maximum Gasteiger partial charge on any atom is 0.153 e. The molecule has 0 radical (unpaired) electrons. The number of aromatic nitrogens is 3. The molecule has 2 atom stereocenters. The van der Waals surface area contributed by atoms with E-state index in [1.54, 1.807) is 18.5 Å². The van der Waals surface area contributed by atoms with Gasteiger partial charge < -0.3 is 0 Å². The smallest absolute Gasteiger partial charge is 0.153 e. The van der Waals surface area contributed by atoms with Crippen LogP contribution in [0.4, 0.5) is 8.78 Å². The van der Waals surface area contributed by atoms with Gasteiger partial charge in [-0.15, -0.1) is 0 Å². The molecule has 1 N–H and O–H groups in total. The fraction of sp³-hybridized carbons (Fsp3) is 0.333. The average Bonchev–Trinajstić information content (AvgIpc) is 2.99. The summed E-state index contributed by atoms with van der Waals surface area (Å²) in [6.45, 7) is 7.42. The van der Waals surface area contributed by atoms with Crippen LogP contribution in [0.5, 0.6) is 0 Å². The zero-order valence-corrected chi connectivity index (χ0v) is 15.8. The molecule has 138 valence electrons. The van der Waals surface area contributed by atoms with Crippen molar-refractivity contribution in [1.82, 2.24) is 19.3 Å². The van der Waals surface area contributed by atoms with Crippen molar-refractivity contribution in [3.63, 3.8) is 0 Å². The van der Waals surface area contributed by atoms with Crippen LogP contribution in [0.3, 0.4) is 0 Å². The monoisotopic (exact) mass is 378 g/mol. The summed E-state index contributed by atoms with van der Waals surface area (Å²) < 4.78 is 44.0. The molecule has 26 heavy (non-hydrogen) atoms. The Morgan fingerprint density at radius 1 is 1.15 bits per heavy atom. The van der Waals surface area contributed by atoms with Gasteiger partial charge in [0.15, 0.2) is 5.65 Å². The summed E-state index contributed by atoms with van der Waals surface area (Å²) in [5, 5.41) is 4.46. The van der Waals surface area contributed by atoms with E-state index in [-0.39, 0.29) is 6.04 Å². The Morgan fingerprint density at radius 3 is 2.42 bits per heavy atom. The third-order valence-electron chi connectivity index (χ3n) is 3.86. The van der Waals surface area contributed by atoms with Gasteiger partial charge >= 0.3 is 0 Å². The van der Waals surface area contributed by atoms with Crippen molar-refractivity contribution in [2.45, 2.75) is 38.5 Å². The van der Waals surface area contributed by atoms with Gasteiger partial charge in [-0.25, -0.2) is 27.2 Å². The van der Waals surface area contributed by atoms with Crippen LogP contribution in [0.25, 0.3) is 16.9 Å². The summed E-state index contributed by atoms with van der Waals surface area (Å²) in [5.74, 6) is -1.37. The molecule has 2 heterocycles. The highest BCUT2D eigenvalue weighted by Gasteiger charge is 2.24. The van der Waals surface area contributed by atoms with Crippen molar-refractivity contribution in [1.29, 1.82) is 0 Å². The number of nitrogens with zero attached hydrogens (tertiary/aromatic N) is 3. The minimum Gasteiger partial charge on any atom is -0.242 e. The van der Waals surface area contributed by atoms with E-state index >= 15 is 0 Å². The van der Waals surface area contributed by atoms with E-state index in [4.69, 9.17) is 0 Å². The minimum atomic E-state index is -1.32. The van der Waals surface area contributed by atoms with Crippen LogP contribution in [0.2, 0.25) is 0 Å². The summed E-state index contributed by atoms with van der Waals surface area (Å²) >= 11 is 0. The van der Waals surface area contributed by atoms with Gasteiger partial charge in [-0.3, -0.25) is 0 Å². The molecular weight excluding hydrogens is 358 g/mol. The van der Waals surface area contributed by atoms with E-state index in [1.165, 1.54) is 16.6 Å². The van der Waals surface area contributed by atoms with E-state index in [2.05, 4.69) is 14.8 Å². The third-order valence-corrected chi connectivity index (χ3v) is 5.54. The molecule has 0 unspecified atom stereocenters. The molecule has 0 aliphatic carbocycles. The Balaban J connectivity index is 2.12. The second-order valence-electron chi connectivity index (χ2n) is 7.06. The lowest BCUT2D eigenvalue weighted by Gasteiger charge is -2.23. The summed E-state index contributed by atoms with van der Waals surface area (Å²) in [4.78, 5) is 4.21. The molecule has 0 saturated heterocycles. The van der Waals surface area contributed by atoms with Crippen LogP contribution in [-0.2, 0) is 11.0 Å². The number of fused-ring (bicyclic) bond motifs is 1. The fourth-order valence-electron chi connectivity index (χ4n) is 2.52. The molecule has 8 heteroatoms. The third kappa shape index (κ3) is 3.81. The molecule has 0 aliphatic heterocycles. The van der Waals surface area contributed by atoms with Gasteiger partial charge in [0.25, 0.3) is 0 Å². The highest BCUT2D eigenvalue weighted by Crippen LogP contribution is 2.29. The van der Waals surface area contributed by atoms with E-state index in [9.17, 15) is 13.0 Å². The predicted octanol–water partition coefficient (Wildman–Crippen LogP) is 3.79. The number of nitrogens with one attached hydrogen (secondary N) is 1. The molecule has 3 aromatic rings. The average molecular weight is 378 g/mol. The molecule has 2 aromatic heterocycles. The van der Waals surface area contributed by atoms with Gasteiger partial charge in [0.2, 0.25) is 0 Å². The Hall–Kier alpha value is -2.19. The van der Waals surface area contributed by atoms with Crippen LogP contribution in [0, 0.1) is 11.6 Å². The molecule has 0 fully saturated rings. The predicted molar refractivity (Wildman–Crippen MR) is 97.8 cm³/mol. The van der Waals surface area contributed by atoms with Crippen LogP contribution in [0.15, 0.2) is 36.7 Å². The maximum atomic E-state index is 13.7. The first-order valence-corrected chi connectivity index (χ1v) is 9.29. The zero-order chi connectivity index (χ0) is 19.1. The van der Waals surface area contributed by atoms with Gasteiger partial charge in [-0.2, -0.15) is 5.10 Å². The van der Waals surface area contributed by atoms with Crippen LogP contribution in [0.1, 0.15) is 39.3 Å². The number of halogens is 2. The highest BCUT2D eigenvalue weighted by atomic mass is 32.2. The van der Waals surface area contributed by atoms with E-state index in [0.717, 1.165) is 6.07 Å². The fourth-order valence-corrected chi connectivity index (χ4v) is 3.32. The van der Waals surface area contributed by atoms with Crippen molar-refractivity contribution in [2.24, 2.45) is 0 Å². The summed E-state index contributed by atoms with van der Waals surface area (Å²) in [6.07, 6.45) is 3.25. The van der Waals surface area contributed by atoms with Gasteiger partial charge in [0.05, 0.1) is 21.4 Å². The molecule has 0 aliphatic rings. The van der Waals surface area contributed by atoms with Crippen molar-refractivity contribution in [3.05, 3.63) is 53.9 Å². The summed E-state index contributed by atoms with van der Waals surface area (Å²) in [5.41, 5.74) is 1.96. The molecule has 0 amide bonds. The molecule has 0 bridgehead atoms. The van der Waals surface area contributed by atoms with Gasteiger partial charge in [0, 0.05) is 35.6 Å². The molecule has 1 aromatic carbocycles. The van der Waals surface area contributed by atoms with Crippen LogP contribution in [-0.4, -0.2) is 23.6 Å². The molecular formula is C18H20F2N4OS. The minimum absolute atomic E-state index is 0.309. The molecule has 3 rings (SSSR count). The number of benzene rings is 1. The quantitative estimate of drug-likeness (QED) is 0.751. The topological polar surface area (TPSA) is 59.3 Å². The molecule has 5 nitrogen and oxygen atoms in total. The maximum absolute atomic E-state index is 13.7. The standard InChI is InChI=1S/C18H20F2N4OS/c1-11(23-26(25)18(2,3)4)15-10-16-21-5-6-24(16)22-17(15)12-7-13(19)9-14(20)8-12/h5-11,23H,1-4H3/t11-,26+/m0/s1. The number of hydrogen-bond donors (Lipinski definition) is 1. The van der Waals surface area contributed by atoms with Crippen molar-refractivity contribution >= 4 is 16.6 Å². The van der Waals surface area contributed by atoms with E-state index in [0.29, 0.717) is 22.5 Å².